The van der Waals surface area contributed by atoms with Crippen LogP contribution in [0.3, 0.4) is 0 Å². The summed E-state index contributed by atoms with van der Waals surface area (Å²) in [4.78, 5) is 0. The Morgan fingerprint density at radius 1 is 0.636 bits per heavy atom. The summed E-state index contributed by atoms with van der Waals surface area (Å²) < 4.78 is 23.2. The summed E-state index contributed by atoms with van der Waals surface area (Å²) in [5.41, 5.74) is -0.581. The molecule has 0 aliphatic rings. The predicted molar refractivity (Wildman–Crippen MR) is 143 cm³/mol. The highest BCUT2D eigenvalue weighted by Crippen LogP contribution is 2.24. The van der Waals surface area contributed by atoms with Gasteiger partial charge in [-0.25, -0.2) is 0 Å². The van der Waals surface area contributed by atoms with Crippen molar-refractivity contribution in [3.8, 4) is 0 Å². The zero-order valence-electron chi connectivity index (χ0n) is 21.5. The van der Waals surface area contributed by atoms with Gasteiger partial charge in [-0.05, 0) is 55.8 Å². The number of thiol groups is 1. The average Bonchev–Trinajstić information content (AvgIpc) is 2.85. The lowest BCUT2D eigenvalue weighted by atomic mass is 9.88. The quantitative estimate of drug-likeness (QED) is 0.117. The minimum atomic E-state index is -0.301. The Morgan fingerprint density at radius 2 is 1.03 bits per heavy atom. The van der Waals surface area contributed by atoms with Crippen LogP contribution in [0.2, 0.25) is 0 Å². The third kappa shape index (κ3) is 16.7. The van der Waals surface area contributed by atoms with E-state index in [9.17, 15) is 10.2 Å². The van der Waals surface area contributed by atoms with E-state index in [2.05, 4.69) is 33.4 Å². The molecule has 0 fully saturated rings. The molecule has 200 valence electrons. The first kappa shape index (κ1) is 33.5. The van der Waals surface area contributed by atoms with Gasteiger partial charge in [-0.2, -0.15) is 24.4 Å². The van der Waals surface area contributed by atoms with Crippen LogP contribution < -0.4 is 0 Å². The molecular weight excluding hydrogens is 460 g/mol. The van der Waals surface area contributed by atoms with Crippen LogP contribution in [0.4, 0.5) is 0 Å². The molecule has 0 amide bonds. The van der Waals surface area contributed by atoms with Gasteiger partial charge in [0, 0.05) is 37.3 Å². The fraction of sp³-hybridized carbons (Fsp3) is 1.00. The molecule has 0 aliphatic heterocycles. The third-order valence-electron chi connectivity index (χ3n) is 6.05. The number of hydrogen-bond donors (Lipinski definition) is 3. The molecule has 2 atom stereocenters. The topological polar surface area (TPSA) is 77.4 Å². The normalized spacial score (nSPS) is 15.5. The van der Waals surface area contributed by atoms with Crippen LogP contribution in [-0.4, -0.2) is 93.5 Å². The van der Waals surface area contributed by atoms with Crippen molar-refractivity contribution in [1.29, 1.82) is 0 Å². The molecule has 0 bridgehead atoms. The Hall–Kier alpha value is 0.460. The summed E-state index contributed by atoms with van der Waals surface area (Å²) in [7, 11) is 0. The number of aliphatic hydroxyl groups excluding tert-OH is 2. The molecule has 2 N–H and O–H groups in total. The highest BCUT2D eigenvalue weighted by Gasteiger charge is 2.29. The van der Waals surface area contributed by atoms with Crippen LogP contribution >= 0.6 is 24.4 Å². The van der Waals surface area contributed by atoms with Gasteiger partial charge in [-0.15, -0.1) is 0 Å². The number of aliphatic hydroxyl groups is 2. The van der Waals surface area contributed by atoms with Gasteiger partial charge in [0.2, 0.25) is 0 Å². The Balaban J connectivity index is 3.81. The van der Waals surface area contributed by atoms with Crippen LogP contribution in [0, 0.1) is 10.8 Å². The predicted octanol–water partition coefficient (Wildman–Crippen LogP) is 4.46. The second-order valence-electron chi connectivity index (χ2n) is 8.98. The van der Waals surface area contributed by atoms with Crippen molar-refractivity contribution in [2.75, 3.05) is 83.3 Å². The van der Waals surface area contributed by atoms with E-state index in [1.807, 2.05) is 11.8 Å². The lowest BCUT2D eigenvalue weighted by Crippen LogP contribution is -2.36. The zero-order chi connectivity index (χ0) is 24.7. The second-order valence-corrected chi connectivity index (χ2v) is 10.7. The largest absolute Gasteiger partial charge is 0.396 e. The average molecular weight is 513 g/mol. The molecule has 6 nitrogen and oxygen atoms in total. The summed E-state index contributed by atoms with van der Waals surface area (Å²) in [6, 6.07) is 0. The van der Waals surface area contributed by atoms with Crippen LogP contribution in [0.25, 0.3) is 0 Å². The van der Waals surface area contributed by atoms with Crippen molar-refractivity contribution >= 4 is 24.4 Å². The van der Waals surface area contributed by atoms with Crippen molar-refractivity contribution in [1.82, 2.24) is 0 Å². The molecule has 0 radical (unpaired) electrons. The van der Waals surface area contributed by atoms with Crippen molar-refractivity contribution in [3.05, 3.63) is 0 Å². The lowest BCUT2D eigenvalue weighted by Gasteiger charge is -2.30. The fourth-order valence-electron chi connectivity index (χ4n) is 3.09. The van der Waals surface area contributed by atoms with E-state index in [4.69, 9.17) is 18.9 Å². The van der Waals surface area contributed by atoms with E-state index in [1.54, 1.807) is 0 Å². The Kier molecular flexibility index (Phi) is 23.2. The van der Waals surface area contributed by atoms with Gasteiger partial charge in [0.1, 0.15) is 0 Å². The van der Waals surface area contributed by atoms with Crippen molar-refractivity contribution in [3.63, 3.8) is 0 Å². The van der Waals surface area contributed by atoms with Gasteiger partial charge >= 0.3 is 0 Å². The molecule has 0 aromatic carbocycles. The maximum atomic E-state index is 9.82. The maximum absolute atomic E-state index is 9.82. The van der Waals surface area contributed by atoms with E-state index in [0.29, 0.717) is 46.2 Å². The number of thioether (sulfide) groups is 1. The van der Waals surface area contributed by atoms with E-state index in [-0.39, 0.29) is 24.0 Å². The van der Waals surface area contributed by atoms with Crippen LogP contribution in [0.5, 0.6) is 0 Å². The minimum Gasteiger partial charge on any atom is -0.396 e. The first-order chi connectivity index (χ1) is 16.1. The zero-order valence-corrected chi connectivity index (χ0v) is 23.2. The van der Waals surface area contributed by atoms with Gasteiger partial charge < -0.3 is 29.2 Å². The van der Waals surface area contributed by atoms with Crippen LogP contribution in [0.1, 0.15) is 65.7 Å². The second kappa shape index (κ2) is 22.9. The molecule has 8 heteroatoms. The molecule has 0 saturated carbocycles. The SMILES string of the molecule is CCCCOCC(CC)(CO)COCCCSCCCOCC(CC)(CO)COCCCS. The van der Waals surface area contributed by atoms with Gasteiger partial charge in [-0.1, -0.05) is 27.2 Å². The molecule has 0 heterocycles. The standard InChI is InChI=1S/C25H52O6S2/c1-4-7-11-28-20-24(5-2,18-26)22-30-13-9-16-33-17-10-14-31-23-25(6-3,19-27)21-29-12-8-15-32/h26-27,32H,4-23H2,1-3H3. The van der Waals surface area contributed by atoms with Crippen molar-refractivity contribution in [2.24, 2.45) is 10.8 Å². The molecule has 0 aliphatic carbocycles. The number of hydrogen-bond acceptors (Lipinski definition) is 8. The molecule has 0 saturated heterocycles. The molecule has 0 aromatic rings. The summed E-state index contributed by atoms with van der Waals surface area (Å²) in [5, 5.41) is 19.6. The van der Waals surface area contributed by atoms with Crippen LogP contribution in [-0.2, 0) is 18.9 Å². The molecular formula is C25H52O6S2. The number of rotatable bonds is 26. The Labute approximate surface area is 213 Å². The van der Waals surface area contributed by atoms with Crippen molar-refractivity contribution in [2.45, 2.75) is 65.7 Å². The molecule has 0 aromatic heterocycles. The maximum Gasteiger partial charge on any atom is 0.0566 e. The monoisotopic (exact) mass is 512 g/mol. The van der Waals surface area contributed by atoms with Gasteiger partial charge in [0.05, 0.1) is 39.6 Å². The summed E-state index contributed by atoms with van der Waals surface area (Å²) in [6.07, 6.45) is 6.77. The Morgan fingerprint density at radius 3 is 1.36 bits per heavy atom. The highest BCUT2D eigenvalue weighted by atomic mass is 32.2. The van der Waals surface area contributed by atoms with Gasteiger partial charge in [-0.3, -0.25) is 0 Å². The Bertz CT molecular complexity index is 370. The van der Waals surface area contributed by atoms with Gasteiger partial charge in [0.25, 0.3) is 0 Å². The first-order valence-corrected chi connectivity index (χ1v) is 14.6. The third-order valence-corrected chi connectivity index (χ3v) is 7.52. The fourth-order valence-corrected chi connectivity index (χ4v) is 4.07. The smallest absolute Gasteiger partial charge is 0.0566 e. The number of unbranched alkanes of at least 4 members (excludes halogenated alkanes) is 1. The lowest BCUT2D eigenvalue weighted by molar-refractivity contribution is -0.0532. The van der Waals surface area contributed by atoms with E-state index in [0.717, 1.165) is 68.8 Å². The van der Waals surface area contributed by atoms with Crippen LogP contribution in [0.15, 0.2) is 0 Å². The molecule has 0 spiro atoms. The summed E-state index contributed by atoms with van der Waals surface area (Å²) in [6.45, 7) is 11.5. The van der Waals surface area contributed by atoms with E-state index in [1.165, 1.54) is 0 Å². The molecule has 2 unspecified atom stereocenters. The molecule has 0 rings (SSSR count). The highest BCUT2D eigenvalue weighted by molar-refractivity contribution is 7.99. The summed E-state index contributed by atoms with van der Waals surface area (Å²) >= 11 is 6.11. The molecule has 33 heavy (non-hydrogen) atoms. The van der Waals surface area contributed by atoms with E-state index >= 15 is 0 Å². The number of ether oxygens (including phenoxy) is 4. The van der Waals surface area contributed by atoms with Crippen molar-refractivity contribution < 1.29 is 29.2 Å². The van der Waals surface area contributed by atoms with E-state index < -0.39 is 0 Å². The minimum absolute atomic E-state index is 0.0829. The first-order valence-electron chi connectivity index (χ1n) is 12.8. The summed E-state index contributed by atoms with van der Waals surface area (Å²) in [5.74, 6) is 2.92. The van der Waals surface area contributed by atoms with Gasteiger partial charge in [0.15, 0.2) is 0 Å².